The first-order valence-electron chi connectivity index (χ1n) is 45.9. The molecule has 6 saturated carbocycles. The molecule has 0 radical (unpaired) electrons. The first-order valence-corrected chi connectivity index (χ1v) is 47.8. The van der Waals surface area contributed by atoms with Crippen LogP contribution in [-0.4, -0.2) is 200 Å². The molecule has 6 atom stereocenters. The first-order chi connectivity index (χ1) is 64.9. The molecule has 0 bridgehead atoms. The standard InChI is InChI=1S/C32H32ClFN8O2.C26H27Cl2N7O2.C17H13Cl2N5O2.C12H17BFNO2.C9H16N2O/c1-4-24(43)40-13-17(3)41(14-16(40)2)30-20-12-21(33)28(25-22(34)6-5-7-23(25)35)38-31(20)42(32(44)39-30)29-26(18-8-9-18)36-15-37-27(29)19-10-11-19;1-4-19(36)33-10-14(3)34(11-13(33)2)24-17-9-18(27)23(28)31-25(17)35(26(37)32-24)22-20(15-5-6-15)29-12-30-21(22)16-7-8-16;18-10-5-9-15(22-14(10)19)24(17(26)23-16(9)25)13-11(7-1-2-7)20-6-21-12(13)8-3-4-8;1-11(2)12(3,4)17-13(16-11)10-8(14)6-5-7-9(10)15;1-4-9(12)11-6-7(2)10-5-8(11)3/h4-7,12,15-19H,1,8-11,13-14,35H2,2-3H3;4,9,12-16H,1,5-8,10-11H2,2-3H3;5-8H,1-4H2,(H,23,25,26);5-7H,15H2,1-4H3;4,7-8,10H,1,5-6H2,2-3H3/t16-,17+;13-,14+;;;7-,8+/m11..0/s1. The highest BCUT2D eigenvalue weighted by atomic mass is 35.5. The summed E-state index contributed by atoms with van der Waals surface area (Å²) in [6.45, 7) is 33.9. The molecule has 0 spiro atoms. The molecule has 10 fully saturated rings. The Morgan fingerprint density at radius 1 is 0.463 bits per heavy atom. The molecule has 10 aliphatic rings. The van der Waals surface area contributed by atoms with E-state index in [4.69, 9.17) is 83.8 Å². The summed E-state index contributed by atoms with van der Waals surface area (Å²) in [5.41, 5.74) is 17.6. The Morgan fingerprint density at radius 2 is 0.824 bits per heavy atom. The maximum atomic E-state index is 15.2. The summed E-state index contributed by atoms with van der Waals surface area (Å²) in [5, 5.41) is 5.39. The fourth-order valence-corrected chi connectivity index (χ4v) is 18.9. The van der Waals surface area contributed by atoms with Gasteiger partial charge in [0.05, 0.1) is 105 Å². The molecule has 3 amide bonds. The number of nitrogens with zero attached hydrogens (tertiary/aromatic N) is 19. The normalized spacial score (nSPS) is 21.2. The zero-order valence-corrected chi connectivity index (χ0v) is 80.8. The molecular weight excluding hydrogens is 1850 g/mol. The third-order valence-corrected chi connectivity index (χ3v) is 28.6. The molecule has 9 aromatic heterocycles. The van der Waals surface area contributed by atoms with Crippen molar-refractivity contribution >= 4 is 144 Å². The predicted molar refractivity (Wildman–Crippen MR) is 523 cm³/mol. The Morgan fingerprint density at radius 3 is 1.21 bits per heavy atom. The van der Waals surface area contributed by atoms with E-state index in [1.165, 1.54) is 56.2 Å². The van der Waals surface area contributed by atoms with Crippen LogP contribution >= 0.6 is 58.0 Å². The number of aromatic nitrogens is 15. The van der Waals surface area contributed by atoms with Gasteiger partial charge in [0.2, 0.25) is 17.7 Å². The summed E-state index contributed by atoms with van der Waals surface area (Å²) in [5.74, 6) is 1.24. The minimum atomic E-state index is -0.749. The second kappa shape index (κ2) is 38.4. The average Bonchev–Trinajstić information content (AvgIpc) is 1.36. The maximum absolute atomic E-state index is 15.2. The Balaban J connectivity index is 0.000000126. The van der Waals surface area contributed by atoms with E-state index < -0.39 is 52.6 Å². The van der Waals surface area contributed by atoms with Gasteiger partial charge in [-0.05, 0) is 207 Å². The lowest BCUT2D eigenvalue weighted by atomic mass is 9.77. The molecule has 6 aliphatic carbocycles. The lowest BCUT2D eigenvalue weighted by Crippen LogP contribution is -2.58. The Kier molecular flexibility index (Phi) is 27.2. The highest BCUT2D eigenvalue weighted by Gasteiger charge is 2.53. The number of anilines is 4. The molecular formula is C96H105BCl5F2N23O9. The van der Waals surface area contributed by atoms with Gasteiger partial charge in [-0.1, -0.05) is 89.9 Å². The van der Waals surface area contributed by atoms with Gasteiger partial charge in [-0.3, -0.25) is 24.2 Å². The number of rotatable bonds is 16. The summed E-state index contributed by atoms with van der Waals surface area (Å²) in [7, 11) is -0.749. The number of aromatic amines is 1. The fourth-order valence-electron chi connectivity index (χ4n) is 18.1. The minimum Gasteiger partial charge on any atom is -0.399 e. The summed E-state index contributed by atoms with van der Waals surface area (Å²) < 4.78 is 45.0. The molecule has 2 aromatic carbocycles. The summed E-state index contributed by atoms with van der Waals surface area (Å²) in [6.07, 6.45) is 20.8. The number of pyridine rings is 3. The average molecular weight is 1950 g/mol. The number of nitrogens with one attached hydrogen (secondary N) is 2. The topological polar surface area (TPSA) is 391 Å². The third-order valence-electron chi connectivity index (χ3n) is 27.0. The number of carbonyl (C=O) groups excluding carboxylic acids is 3. The quantitative estimate of drug-likeness (QED) is 0.0302. The van der Waals surface area contributed by atoms with E-state index in [2.05, 4.69) is 86.8 Å². The monoisotopic (exact) mass is 1950 g/mol. The molecule has 11 aromatic rings. The van der Waals surface area contributed by atoms with Crippen LogP contribution in [0.2, 0.25) is 25.4 Å². The highest BCUT2D eigenvalue weighted by Crippen LogP contribution is 2.52. The van der Waals surface area contributed by atoms with Crippen molar-refractivity contribution in [2.75, 3.05) is 60.5 Å². The van der Waals surface area contributed by atoms with E-state index in [1.54, 1.807) is 59.1 Å². The molecule has 4 aliphatic heterocycles. The molecule has 0 unspecified atom stereocenters. The number of amides is 3. The SMILES string of the molecule is C=CC(=O)N1C[C@H](C)N(c2nc(=O)n(-c3c(C4CC4)ncnc3C3CC3)c3nc(-c4c(N)cccc4F)c(Cl)cc23)C[C@H]1C.C=CC(=O)N1C[C@H](C)N(c2nc(=O)n(-c3c(C4CC4)ncnc3C3CC3)c3nc(Cl)c(Cl)cc23)C[C@H]1C.C=CC(=O)N1C[C@H](C)NC[C@H]1C.CC1(C)OB(c2c(N)cccc2F)OC1(C)C.O=c1[nH]c(=O)n(-c2c(C3CC3)ncnc2C2CC2)c2nc(Cl)c(Cl)cc12. The number of hydrogen-bond donors (Lipinski definition) is 4. The number of nitrogen functional groups attached to an aromatic ring is 2. The van der Waals surface area contributed by atoms with Crippen LogP contribution in [0.15, 0.2) is 131 Å². The number of hydrogen-bond acceptors (Lipinski definition) is 25. The number of nitrogens with two attached hydrogens (primary N) is 2. The maximum Gasteiger partial charge on any atom is 0.499 e. The Labute approximate surface area is 807 Å². The first kappa shape index (κ1) is 96.1. The second-order valence-corrected chi connectivity index (χ2v) is 39.7. The number of carbonyl (C=O) groups is 3. The predicted octanol–water partition coefficient (Wildman–Crippen LogP) is 14.2. The molecule has 4 saturated heterocycles. The van der Waals surface area contributed by atoms with Crippen LogP contribution < -0.4 is 54.7 Å². The van der Waals surface area contributed by atoms with Gasteiger partial charge in [-0.25, -0.2) is 81.7 Å². The van der Waals surface area contributed by atoms with Gasteiger partial charge in [0.1, 0.15) is 52.6 Å². The summed E-state index contributed by atoms with van der Waals surface area (Å²) in [4.78, 5) is 152. The molecule has 6 N–H and O–H groups in total. The van der Waals surface area contributed by atoms with Crippen molar-refractivity contribution in [3.8, 4) is 28.3 Å². The van der Waals surface area contributed by atoms with Gasteiger partial charge in [0.15, 0.2) is 16.9 Å². The van der Waals surface area contributed by atoms with Gasteiger partial charge < -0.3 is 50.6 Å². The lowest BCUT2D eigenvalue weighted by Gasteiger charge is -2.44. The van der Waals surface area contributed by atoms with Crippen LogP contribution in [0.5, 0.6) is 0 Å². The number of benzene rings is 2. The zero-order chi connectivity index (χ0) is 96.9. The second-order valence-electron chi connectivity index (χ2n) is 37.8. The fraction of sp³-hybridized carbons (Fsp3) is 0.438. The summed E-state index contributed by atoms with van der Waals surface area (Å²) in [6, 6.07) is 13.9. The van der Waals surface area contributed by atoms with Gasteiger partial charge >= 0.3 is 24.2 Å². The largest absolute Gasteiger partial charge is 0.499 e. The molecule has 21 rings (SSSR count). The van der Waals surface area contributed by atoms with Crippen molar-refractivity contribution in [2.45, 2.75) is 229 Å². The zero-order valence-electron chi connectivity index (χ0n) is 77.0. The summed E-state index contributed by atoms with van der Waals surface area (Å²) >= 11 is 31.8. The Bertz CT molecular complexity index is 6780. The van der Waals surface area contributed by atoms with E-state index in [0.717, 1.165) is 124 Å². The van der Waals surface area contributed by atoms with Crippen molar-refractivity contribution in [3.63, 3.8) is 0 Å². The van der Waals surface area contributed by atoms with Crippen molar-refractivity contribution in [1.82, 2.24) is 93.5 Å². The van der Waals surface area contributed by atoms with Crippen LogP contribution in [0.25, 0.3) is 61.4 Å². The van der Waals surface area contributed by atoms with Crippen LogP contribution in [0.3, 0.4) is 0 Å². The molecule has 710 valence electrons. The number of fused-ring (bicyclic) bond motifs is 3. The van der Waals surface area contributed by atoms with Crippen molar-refractivity contribution in [1.29, 1.82) is 0 Å². The molecule has 32 nitrogen and oxygen atoms in total. The van der Waals surface area contributed by atoms with Gasteiger partial charge in [0, 0.05) is 128 Å². The van der Waals surface area contributed by atoms with E-state index in [-0.39, 0.29) is 136 Å². The molecule has 13 heterocycles. The van der Waals surface area contributed by atoms with Crippen LogP contribution in [0.1, 0.15) is 216 Å². The van der Waals surface area contributed by atoms with Crippen LogP contribution in [-0.2, 0) is 23.7 Å². The molecule has 40 heteroatoms. The Hall–Kier alpha value is -11.6. The van der Waals surface area contributed by atoms with E-state index in [0.29, 0.717) is 94.9 Å². The van der Waals surface area contributed by atoms with Gasteiger partial charge in [-0.2, -0.15) is 9.97 Å². The van der Waals surface area contributed by atoms with E-state index in [1.807, 2.05) is 77.0 Å². The van der Waals surface area contributed by atoms with Crippen LogP contribution in [0.4, 0.5) is 31.8 Å². The van der Waals surface area contributed by atoms with Crippen molar-refractivity contribution < 1.29 is 32.5 Å². The third kappa shape index (κ3) is 19.2. The van der Waals surface area contributed by atoms with Crippen molar-refractivity contribution in [3.05, 3.63) is 225 Å². The number of piperazine rings is 3. The van der Waals surface area contributed by atoms with Crippen LogP contribution in [0, 0.1) is 11.6 Å². The van der Waals surface area contributed by atoms with Gasteiger partial charge in [-0.15, -0.1) is 0 Å². The number of halogens is 7. The smallest absolute Gasteiger partial charge is 0.399 e. The highest BCUT2D eigenvalue weighted by molar-refractivity contribution is 6.64. The van der Waals surface area contributed by atoms with E-state index >= 15 is 4.39 Å². The van der Waals surface area contributed by atoms with Gasteiger partial charge in [0.25, 0.3) is 5.56 Å². The number of H-pyrrole nitrogens is 1. The lowest BCUT2D eigenvalue weighted by molar-refractivity contribution is -0.129. The minimum absolute atomic E-state index is 0.0377. The molecule has 136 heavy (non-hydrogen) atoms. The van der Waals surface area contributed by atoms with E-state index in [9.17, 15) is 38.0 Å². The van der Waals surface area contributed by atoms with Crippen molar-refractivity contribution in [2.24, 2.45) is 0 Å².